The maximum absolute atomic E-state index is 16.6. The van der Waals surface area contributed by atoms with Gasteiger partial charge in [0.05, 0.1) is 33.6 Å². The van der Waals surface area contributed by atoms with E-state index in [1.54, 1.807) is 24.3 Å². The molecule has 0 saturated carbocycles. The predicted octanol–water partition coefficient (Wildman–Crippen LogP) is 24.2. The van der Waals surface area contributed by atoms with Gasteiger partial charge >= 0.3 is 0 Å². The van der Waals surface area contributed by atoms with E-state index in [0.717, 1.165) is 44.5 Å². The molecule has 13 rings (SSSR count). The van der Waals surface area contributed by atoms with Crippen LogP contribution in [0.15, 0.2) is 158 Å². The Morgan fingerprint density at radius 2 is 0.459 bits per heavy atom. The number of para-hydroxylation sites is 2. The van der Waals surface area contributed by atoms with Gasteiger partial charge < -0.3 is 18.9 Å². The number of fused-ring (bicyclic) bond motifs is 2. The zero-order valence-corrected chi connectivity index (χ0v) is 60.5. The van der Waals surface area contributed by atoms with E-state index in [1.165, 1.54) is 9.80 Å². The molecule has 0 radical (unpaired) electrons. The molecule has 10 nitrogen and oxygen atoms in total. The van der Waals surface area contributed by atoms with Crippen molar-refractivity contribution in [3.8, 4) is 46.0 Å². The van der Waals surface area contributed by atoms with E-state index >= 15 is 19.2 Å². The minimum absolute atomic E-state index is 0.0798. The largest absolute Gasteiger partial charge is 0.457 e. The van der Waals surface area contributed by atoms with Crippen LogP contribution in [-0.4, -0.2) is 23.6 Å². The Labute approximate surface area is 577 Å². The molecule has 0 N–H and O–H groups in total. The Morgan fingerprint density at radius 3 is 0.633 bits per heavy atom. The molecule has 2 aliphatic heterocycles. The van der Waals surface area contributed by atoms with Crippen molar-refractivity contribution in [2.45, 2.75) is 184 Å². The van der Waals surface area contributed by atoms with Crippen LogP contribution >= 0.6 is 0 Å². The third kappa shape index (κ3) is 11.4. The van der Waals surface area contributed by atoms with E-state index in [-0.39, 0.29) is 90.6 Å². The number of ether oxygens (including phenoxy) is 4. The van der Waals surface area contributed by atoms with E-state index in [9.17, 15) is 0 Å². The van der Waals surface area contributed by atoms with Crippen LogP contribution in [-0.2, 0) is 21.7 Å². The van der Waals surface area contributed by atoms with Crippen molar-refractivity contribution < 1.29 is 38.1 Å². The summed E-state index contributed by atoms with van der Waals surface area (Å²) >= 11 is 0. The minimum atomic E-state index is -0.532. The maximum Gasteiger partial charge on any atom is 0.266 e. The van der Waals surface area contributed by atoms with Gasteiger partial charge in [-0.2, -0.15) is 0 Å². The zero-order chi connectivity index (χ0) is 70.3. The summed E-state index contributed by atoms with van der Waals surface area (Å²) in [6, 6.07) is 51.0. The highest BCUT2D eigenvalue weighted by Crippen LogP contribution is 2.59. The number of hydrogen-bond acceptors (Lipinski definition) is 8. The molecule has 0 aromatic heterocycles. The van der Waals surface area contributed by atoms with E-state index in [4.69, 9.17) is 18.9 Å². The molecule has 10 heteroatoms. The van der Waals surface area contributed by atoms with Crippen LogP contribution in [0.5, 0.6) is 46.0 Å². The minimum Gasteiger partial charge on any atom is -0.457 e. The highest BCUT2D eigenvalue weighted by Gasteiger charge is 2.44. The Morgan fingerprint density at radius 1 is 0.265 bits per heavy atom. The average Bonchev–Trinajstić information content (AvgIpc) is 0.670. The van der Waals surface area contributed by atoms with Crippen molar-refractivity contribution in [1.82, 2.24) is 0 Å². The Kier molecular flexibility index (Phi) is 16.4. The van der Waals surface area contributed by atoms with Gasteiger partial charge in [0.25, 0.3) is 23.6 Å². The fraction of sp³-hybridized carbons (Fsp3) is 0.318. The molecule has 98 heavy (non-hydrogen) atoms. The highest BCUT2D eigenvalue weighted by molar-refractivity contribution is 6.48. The molecule has 0 saturated heterocycles. The lowest BCUT2D eigenvalue weighted by Gasteiger charge is -2.35. The summed E-state index contributed by atoms with van der Waals surface area (Å²) in [7, 11) is 0. The van der Waals surface area contributed by atoms with E-state index in [1.807, 2.05) is 133 Å². The van der Waals surface area contributed by atoms with Crippen LogP contribution in [0.3, 0.4) is 0 Å². The molecule has 11 aromatic carbocycles. The molecule has 0 fully saturated rings. The molecule has 11 aromatic rings. The first-order valence-corrected chi connectivity index (χ1v) is 34.6. The average molecular weight is 1300 g/mol. The number of benzene rings is 11. The van der Waals surface area contributed by atoms with Crippen molar-refractivity contribution in [1.29, 1.82) is 0 Å². The quantitative estimate of drug-likeness (QED) is 0.0601. The smallest absolute Gasteiger partial charge is 0.266 e. The molecule has 500 valence electrons. The topological polar surface area (TPSA) is 112 Å². The molecular weight excluding hydrogens is 1210 g/mol. The van der Waals surface area contributed by atoms with Gasteiger partial charge in [0.2, 0.25) is 0 Å². The van der Waals surface area contributed by atoms with Crippen LogP contribution in [0.2, 0.25) is 0 Å². The van der Waals surface area contributed by atoms with Gasteiger partial charge in [-0.15, -0.1) is 0 Å². The predicted molar refractivity (Wildman–Crippen MR) is 400 cm³/mol. The summed E-state index contributed by atoms with van der Waals surface area (Å²) in [5.74, 6) is 0.442. The number of carbonyl (C=O) groups excluding carboxylic acids is 4. The van der Waals surface area contributed by atoms with Crippen LogP contribution in [0.1, 0.15) is 248 Å². The van der Waals surface area contributed by atoms with E-state index in [0.29, 0.717) is 77.5 Å². The standard InChI is InChI=1S/C88H90N2O8/c1-47(2)59-23-21-24-60(48(3)4)79(59)89-81(91)63-43-67(95-55-35-27-51(28-36-55)85(9,10)11)73-75-69(97-57-39-31-53(32-40-57)87(15,16)17)45-65-72-66(84(94)90(83(65)93)80-61(49(5)6)25-22-26-62(80)50(7)8)46-70(98-58-41-33-54(34-42-58)88(18,19)20)76(78(72)75)74-68(44-64(82(89)92)71(63)77(73)74)96-56-37-29-52(30-38-56)86(12,13)14/h21-50H,1-20H3. The van der Waals surface area contributed by atoms with Gasteiger partial charge in [-0.1, -0.05) is 223 Å². The fourth-order valence-corrected chi connectivity index (χ4v) is 14.4. The number of hydrogen-bond donors (Lipinski definition) is 0. The summed E-state index contributed by atoms with van der Waals surface area (Å²) in [4.78, 5) is 69.0. The maximum atomic E-state index is 16.6. The Hall–Kier alpha value is -9.80. The normalized spacial score (nSPS) is 13.9. The zero-order valence-electron chi connectivity index (χ0n) is 60.5. The van der Waals surface area contributed by atoms with Gasteiger partial charge in [-0.25, -0.2) is 9.80 Å². The number of rotatable bonds is 14. The molecule has 2 heterocycles. The van der Waals surface area contributed by atoms with E-state index in [2.05, 4.69) is 138 Å². The summed E-state index contributed by atoms with van der Waals surface area (Å²) in [5, 5.41) is 3.41. The van der Waals surface area contributed by atoms with Gasteiger partial charge in [0, 0.05) is 43.1 Å². The van der Waals surface area contributed by atoms with Gasteiger partial charge in [-0.3, -0.25) is 19.2 Å². The Bertz CT molecular complexity index is 4440. The molecular formula is C88H90N2O8. The number of carbonyl (C=O) groups is 4. The second-order valence-corrected chi connectivity index (χ2v) is 32.3. The van der Waals surface area contributed by atoms with Crippen molar-refractivity contribution in [3.05, 3.63) is 224 Å². The molecule has 0 unspecified atom stereocenters. The van der Waals surface area contributed by atoms with Gasteiger partial charge in [0.15, 0.2) is 0 Å². The second kappa shape index (κ2) is 24.0. The lowest BCUT2D eigenvalue weighted by Crippen LogP contribution is -2.42. The lowest BCUT2D eigenvalue weighted by molar-refractivity contribution is 0.0877. The second-order valence-electron chi connectivity index (χ2n) is 32.3. The van der Waals surface area contributed by atoms with Crippen molar-refractivity contribution >= 4 is 78.1 Å². The van der Waals surface area contributed by atoms with Gasteiger partial charge in [0.1, 0.15) is 46.0 Å². The summed E-state index contributed by atoms with van der Waals surface area (Å²) in [6.45, 7) is 42.5. The summed E-state index contributed by atoms with van der Waals surface area (Å²) < 4.78 is 29.8. The molecule has 0 spiro atoms. The third-order valence-corrected chi connectivity index (χ3v) is 19.8. The third-order valence-electron chi connectivity index (χ3n) is 19.8. The van der Waals surface area contributed by atoms with Crippen LogP contribution in [0.4, 0.5) is 11.4 Å². The van der Waals surface area contributed by atoms with Crippen molar-refractivity contribution in [3.63, 3.8) is 0 Å². The van der Waals surface area contributed by atoms with Crippen LogP contribution in [0, 0.1) is 0 Å². The number of nitrogens with zero attached hydrogens (tertiary/aromatic N) is 2. The SMILES string of the molecule is CC(C)c1cccc(C(C)C)c1N1C(=O)c2cc(Oc3ccc(C(C)(C)C)cc3)c3c4c(Oc5ccc(C(C)(C)C)cc5)cc5c6c(cc(Oc7ccc(C(C)(C)C)cc7)c(c7c(Oc8ccc(C(C)(C)C)cc8)cc(c2c37)C1=O)c64)C(=O)N(c1c(C(C)C)cccc1C(C)C)C5=O. The molecule has 0 atom stereocenters. The first kappa shape index (κ1) is 66.8. The fourth-order valence-electron chi connectivity index (χ4n) is 14.4. The summed E-state index contributed by atoms with van der Waals surface area (Å²) in [5.41, 5.74) is 8.88. The lowest BCUT2D eigenvalue weighted by atomic mass is 9.80. The van der Waals surface area contributed by atoms with E-state index < -0.39 is 23.6 Å². The highest BCUT2D eigenvalue weighted by atomic mass is 16.5. The first-order valence-electron chi connectivity index (χ1n) is 34.6. The van der Waals surface area contributed by atoms with Crippen LogP contribution < -0.4 is 28.7 Å². The molecule has 0 bridgehead atoms. The molecule has 0 aliphatic carbocycles. The summed E-state index contributed by atoms with van der Waals surface area (Å²) in [6.07, 6.45) is 0. The van der Waals surface area contributed by atoms with Crippen molar-refractivity contribution in [2.24, 2.45) is 0 Å². The van der Waals surface area contributed by atoms with Crippen molar-refractivity contribution in [2.75, 3.05) is 9.80 Å². The molecule has 2 aliphatic rings. The number of anilines is 2. The monoisotopic (exact) mass is 1300 g/mol. The number of amides is 4. The Balaban J connectivity index is 1.26. The van der Waals surface area contributed by atoms with Gasteiger partial charge in [-0.05, 0) is 163 Å². The molecule has 4 amide bonds. The van der Waals surface area contributed by atoms with Crippen LogP contribution in [0.25, 0.3) is 43.1 Å². The number of imide groups is 2. The first-order chi connectivity index (χ1) is 46.1.